The molecule has 0 unspecified atom stereocenters. The zero-order valence-electron chi connectivity index (χ0n) is 13.3. The highest BCUT2D eigenvalue weighted by atomic mass is 16.1. The summed E-state index contributed by atoms with van der Waals surface area (Å²) in [6.45, 7) is 6.60. The molecule has 0 bridgehead atoms. The summed E-state index contributed by atoms with van der Waals surface area (Å²) in [6.07, 6.45) is 4.65. The van der Waals surface area contributed by atoms with Gasteiger partial charge >= 0.3 is 0 Å². The van der Waals surface area contributed by atoms with Gasteiger partial charge in [-0.2, -0.15) is 5.10 Å². The standard InChI is InChI=1S/C15H22N6O/c1-9(2)21-8-17-19-12(21)6-7-16-15(22)13-10(3)18-20-14(13)11-4-5-11/h8-9,11H,4-7H2,1-3H3,(H,16,22)(H,18,20). The van der Waals surface area contributed by atoms with Crippen molar-refractivity contribution in [1.82, 2.24) is 30.3 Å². The predicted octanol–water partition coefficient (Wildman–Crippen LogP) is 1.74. The molecule has 0 aromatic carbocycles. The molecule has 2 aromatic rings. The van der Waals surface area contributed by atoms with Gasteiger partial charge in [0.05, 0.1) is 11.3 Å². The summed E-state index contributed by atoms with van der Waals surface area (Å²) >= 11 is 0. The Morgan fingerprint density at radius 2 is 2.27 bits per heavy atom. The second-order valence-electron chi connectivity index (χ2n) is 6.14. The van der Waals surface area contributed by atoms with Crippen LogP contribution in [-0.2, 0) is 6.42 Å². The summed E-state index contributed by atoms with van der Waals surface area (Å²) in [5.41, 5.74) is 2.47. The lowest BCUT2D eigenvalue weighted by atomic mass is 10.1. The van der Waals surface area contributed by atoms with Gasteiger partial charge < -0.3 is 9.88 Å². The first kappa shape index (κ1) is 14.7. The third-order valence-corrected chi connectivity index (χ3v) is 4.00. The number of carbonyl (C=O) groups is 1. The lowest BCUT2D eigenvalue weighted by molar-refractivity contribution is 0.0952. The third-order valence-electron chi connectivity index (χ3n) is 4.00. The molecular formula is C15H22N6O. The molecule has 1 fully saturated rings. The molecule has 3 rings (SSSR count). The summed E-state index contributed by atoms with van der Waals surface area (Å²) in [7, 11) is 0. The molecule has 22 heavy (non-hydrogen) atoms. The number of hydrogen-bond acceptors (Lipinski definition) is 4. The zero-order valence-corrected chi connectivity index (χ0v) is 13.3. The molecule has 0 spiro atoms. The maximum Gasteiger partial charge on any atom is 0.255 e. The fourth-order valence-electron chi connectivity index (χ4n) is 2.64. The topological polar surface area (TPSA) is 88.5 Å². The summed E-state index contributed by atoms with van der Waals surface area (Å²) in [4.78, 5) is 12.4. The fraction of sp³-hybridized carbons (Fsp3) is 0.600. The maximum absolute atomic E-state index is 12.4. The van der Waals surface area contributed by atoms with Crippen molar-refractivity contribution in [1.29, 1.82) is 0 Å². The highest BCUT2D eigenvalue weighted by Crippen LogP contribution is 2.41. The van der Waals surface area contributed by atoms with Gasteiger partial charge in [0.1, 0.15) is 12.2 Å². The van der Waals surface area contributed by atoms with Crippen LogP contribution in [0.5, 0.6) is 0 Å². The van der Waals surface area contributed by atoms with Crippen LogP contribution in [0.3, 0.4) is 0 Å². The molecule has 7 nitrogen and oxygen atoms in total. The van der Waals surface area contributed by atoms with Gasteiger partial charge in [0.2, 0.25) is 0 Å². The van der Waals surface area contributed by atoms with E-state index in [1.807, 2.05) is 11.5 Å². The lowest BCUT2D eigenvalue weighted by Gasteiger charge is -2.10. The van der Waals surface area contributed by atoms with Crippen LogP contribution in [-0.4, -0.2) is 37.4 Å². The van der Waals surface area contributed by atoms with Crippen LogP contribution in [0.1, 0.15) is 66.2 Å². The van der Waals surface area contributed by atoms with Crippen LogP contribution >= 0.6 is 0 Å². The molecule has 7 heteroatoms. The SMILES string of the molecule is Cc1[nH]nc(C2CC2)c1C(=O)NCCc1nncn1C(C)C. The van der Waals surface area contributed by atoms with E-state index in [1.54, 1.807) is 6.33 Å². The van der Waals surface area contributed by atoms with Crippen molar-refractivity contribution in [3.8, 4) is 0 Å². The van der Waals surface area contributed by atoms with Crippen molar-refractivity contribution >= 4 is 5.91 Å². The van der Waals surface area contributed by atoms with Crippen molar-refractivity contribution in [2.45, 2.75) is 52.0 Å². The van der Waals surface area contributed by atoms with Crippen molar-refractivity contribution in [2.75, 3.05) is 6.54 Å². The number of carbonyl (C=O) groups excluding carboxylic acids is 1. The summed E-state index contributed by atoms with van der Waals surface area (Å²) in [6, 6.07) is 0.318. The second kappa shape index (κ2) is 5.90. The Morgan fingerprint density at radius 3 is 2.95 bits per heavy atom. The van der Waals surface area contributed by atoms with E-state index in [1.165, 1.54) is 0 Å². The van der Waals surface area contributed by atoms with Crippen LogP contribution in [0.2, 0.25) is 0 Å². The van der Waals surface area contributed by atoms with E-state index in [0.717, 1.165) is 30.1 Å². The Kier molecular flexibility index (Phi) is 3.96. The van der Waals surface area contributed by atoms with E-state index in [0.29, 0.717) is 30.5 Å². The molecule has 2 heterocycles. The van der Waals surface area contributed by atoms with Crippen molar-refractivity contribution in [3.05, 3.63) is 29.1 Å². The van der Waals surface area contributed by atoms with Crippen LogP contribution in [0.25, 0.3) is 0 Å². The largest absolute Gasteiger partial charge is 0.351 e. The van der Waals surface area contributed by atoms with E-state index in [2.05, 4.69) is 39.6 Å². The minimum atomic E-state index is -0.0521. The lowest BCUT2D eigenvalue weighted by Crippen LogP contribution is -2.27. The van der Waals surface area contributed by atoms with E-state index in [9.17, 15) is 4.79 Å². The van der Waals surface area contributed by atoms with Gasteiger partial charge in [0.25, 0.3) is 5.91 Å². The first-order chi connectivity index (χ1) is 10.6. The Labute approximate surface area is 129 Å². The minimum absolute atomic E-state index is 0.0521. The van der Waals surface area contributed by atoms with Crippen LogP contribution in [0.15, 0.2) is 6.33 Å². The van der Waals surface area contributed by atoms with Crippen LogP contribution in [0.4, 0.5) is 0 Å². The average molecular weight is 302 g/mol. The average Bonchev–Trinajstić information content (AvgIpc) is 3.08. The molecule has 2 aromatic heterocycles. The molecule has 0 aliphatic heterocycles. The number of aromatic nitrogens is 5. The number of nitrogens with zero attached hydrogens (tertiary/aromatic N) is 4. The van der Waals surface area contributed by atoms with Crippen molar-refractivity contribution < 1.29 is 4.79 Å². The first-order valence-corrected chi connectivity index (χ1v) is 7.79. The smallest absolute Gasteiger partial charge is 0.255 e. The molecule has 1 aliphatic carbocycles. The highest BCUT2D eigenvalue weighted by molar-refractivity contribution is 5.96. The Balaban J connectivity index is 1.61. The molecule has 0 radical (unpaired) electrons. The van der Waals surface area contributed by atoms with Gasteiger partial charge in [-0.15, -0.1) is 10.2 Å². The number of nitrogens with one attached hydrogen (secondary N) is 2. The number of aromatic amines is 1. The third kappa shape index (κ3) is 2.88. The normalized spacial score (nSPS) is 14.5. The maximum atomic E-state index is 12.4. The zero-order chi connectivity index (χ0) is 15.7. The van der Waals surface area contributed by atoms with Gasteiger partial charge in [0.15, 0.2) is 0 Å². The number of H-pyrrole nitrogens is 1. The minimum Gasteiger partial charge on any atom is -0.351 e. The highest BCUT2D eigenvalue weighted by Gasteiger charge is 2.31. The van der Waals surface area contributed by atoms with E-state index < -0.39 is 0 Å². The summed E-state index contributed by atoms with van der Waals surface area (Å²) in [5.74, 6) is 1.29. The Hall–Kier alpha value is -2.18. The predicted molar refractivity (Wildman–Crippen MR) is 81.7 cm³/mol. The molecule has 1 amide bonds. The molecule has 118 valence electrons. The number of aryl methyl sites for hydroxylation is 1. The van der Waals surface area contributed by atoms with E-state index >= 15 is 0 Å². The molecular weight excluding hydrogens is 280 g/mol. The molecule has 0 atom stereocenters. The van der Waals surface area contributed by atoms with E-state index in [4.69, 9.17) is 0 Å². The van der Waals surface area contributed by atoms with Crippen LogP contribution < -0.4 is 5.32 Å². The Bertz CT molecular complexity index is 667. The van der Waals surface area contributed by atoms with Gasteiger partial charge in [0, 0.05) is 30.6 Å². The van der Waals surface area contributed by atoms with Gasteiger partial charge in [-0.25, -0.2) is 0 Å². The first-order valence-electron chi connectivity index (χ1n) is 7.79. The number of hydrogen-bond donors (Lipinski definition) is 2. The Morgan fingerprint density at radius 1 is 1.50 bits per heavy atom. The quantitative estimate of drug-likeness (QED) is 0.850. The second-order valence-corrected chi connectivity index (χ2v) is 6.14. The van der Waals surface area contributed by atoms with Gasteiger partial charge in [-0.3, -0.25) is 9.89 Å². The monoisotopic (exact) mass is 302 g/mol. The van der Waals surface area contributed by atoms with Gasteiger partial charge in [-0.05, 0) is 33.6 Å². The fourth-order valence-corrected chi connectivity index (χ4v) is 2.64. The summed E-state index contributed by atoms with van der Waals surface area (Å²) < 4.78 is 2.02. The number of amides is 1. The number of rotatable bonds is 6. The molecule has 0 saturated heterocycles. The van der Waals surface area contributed by atoms with Crippen LogP contribution in [0, 0.1) is 6.92 Å². The molecule has 2 N–H and O–H groups in total. The van der Waals surface area contributed by atoms with Crippen molar-refractivity contribution in [3.63, 3.8) is 0 Å². The van der Waals surface area contributed by atoms with E-state index in [-0.39, 0.29) is 5.91 Å². The molecule has 1 aliphatic rings. The van der Waals surface area contributed by atoms with Crippen molar-refractivity contribution in [2.24, 2.45) is 0 Å². The molecule has 1 saturated carbocycles. The van der Waals surface area contributed by atoms with Gasteiger partial charge in [-0.1, -0.05) is 0 Å². The summed E-state index contributed by atoms with van der Waals surface area (Å²) in [5, 5.41) is 18.2.